The summed E-state index contributed by atoms with van der Waals surface area (Å²) in [5, 5.41) is 0. The van der Waals surface area contributed by atoms with Gasteiger partial charge in [0.15, 0.2) is 11.6 Å². The molecule has 12 heavy (non-hydrogen) atoms. The van der Waals surface area contributed by atoms with Crippen molar-refractivity contribution in [2.24, 2.45) is 0 Å². The fourth-order valence-corrected chi connectivity index (χ4v) is 0.950. The largest absolute Gasteiger partial charge is 0.778 e. The molecule has 6 heteroatoms. The predicted octanol–water partition coefficient (Wildman–Crippen LogP) is 2.05. The third-order valence-electron chi connectivity index (χ3n) is 1.18. The van der Waals surface area contributed by atoms with Crippen molar-refractivity contribution < 1.29 is 17.6 Å². The van der Waals surface area contributed by atoms with E-state index in [9.17, 15) is 17.6 Å². The third kappa shape index (κ3) is 1.21. The van der Waals surface area contributed by atoms with Gasteiger partial charge in [-0.05, 0) is 0 Å². The smallest absolute Gasteiger partial charge is 0.195 e. The molecule has 0 fully saturated rings. The van der Waals surface area contributed by atoms with Gasteiger partial charge in [-0.3, -0.25) is 0 Å². The second kappa shape index (κ2) is 3.02. The molecular formula is C6F4S2-2. The van der Waals surface area contributed by atoms with Crippen LogP contribution in [-0.2, 0) is 25.3 Å². The lowest BCUT2D eigenvalue weighted by atomic mass is 10.3. The molecule has 66 valence electrons. The highest BCUT2D eigenvalue weighted by molar-refractivity contribution is 7.62. The Kier molecular flexibility index (Phi) is 2.39. The quantitative estimate of drug-likeness (QED) is 0.279. The molecule has 0 heterocycles. The van der Waals surface area contributed by atoms with E-state index in [0.29, 0.717) is 0 Å². The molecule has 0 radical (unpaired) electrons. The molecule has 0 bridgehead atoms. The van der Waals surface area contributed by atoms with Gasteiger partial charge in [-0.1, -0.05) is 0 Å². The van der Waals surface area contributed by atoms with Gasteiger partial charge in [0.2, 0.25) is 0 Å². The SMILES string of the molecule is Fc1c(F)c(F)c([S-])c([S-])c1F. The number of rotatable bonds is 0. The van der Waals surface area contributed by atoms with Gasteiger partial charge in [0.25, 0.3) is 0 Å². The van der Waals surface area contributed by atoms with Crippen LogP contribution < -0.4 is 0 Å². The van der Waals surface area contributed by atoms with Crippen LogP contribution in [0.3, 0.4) is 0 Å². The van der Waals surface area contributed by atoms with Gasteiger partial charge in [-0.15, -0.1) is 0 Å². The van der Waals surface area contributed by atoms with Gasteiger partial charge in [-0.25, -0.2) is 17.6 Å². The summed E-state index contributed by atoms with van der Waals surface area (Å²) in [4.78, 5) is -1.61. The van der Waals surface area contributed by atoms with Crippen molar-refractivity contribution in [3.63, 3.8) is 0 Å². The van der Waals surface area contributed by atoms with Gasteiger partial charge in [0, 0.05) is 0 Å². The van der Waals surface area contributed by atoms with Gasteiger partial charge in [-0.2, -0.15) is 9.79 Å². The summed E-state index contributed by atoms with van der Waals surface area (Å²) in [6.45, 7) is 0. The topological polar surface area (TPSA) is 0 Å². The lowest BCUT2D eigenvalue weighted by molar-refractivity contribution is 0.385. The summed E-state index contributed by atoms with van der Waals surface area (Å²) in [5.74, 6) is -7.08. The van der Waals surface area contributed by atoms with Crippen LogP contribution in [0.25, 0.3) is 0 Å². The Labute approximate surface area is 76.4 Å². The maximum atomic E-state index is 12.5. The van der Waals surface area contributed by atoms with Crippen LogP contribution in [0.4, 0.5) is 17.6 Å². The zero-order chi connectivity index (χ0) is 9.46. The average Bonchev–Trinajstić information content (AvgIpc) is 2.08. The first-order valence-corrected chi connectivity index (χ1v) is 3.48. The molecule has 1 aromatic rings. The van der Waals surface area contributed by atoms with Crippen LogP contribution in [0.15, 0.2) is 9.79 Å². The second-order valence-electron chi connectivity index (χ2n) is 1.91. The standard InChI is InChI=1S/C6H2F4S2/c7-1-2(8)4(10)6(12)5(11)3(1)9/h11-12H/p-2. The van der Waals surface area contributed by atoms with Crippen LogP contribution in [-0.4, -0.2) is 0 Å². The summed E-state index contributed by atoms with van der Waals surface area (Å²) in [5.41, 5.74) is 0. The van der Waals surface area contributed by atoms with Crippen molar-refractivity contribution >= 4 is 25.3 Å². The Balaban J connectivity index is 3.60. The normalized spacial score (nSPS) is 10.3. The van der Waals surface area contributed by atoms with Gasteiger partial charge in [0.1, 0.15) is 11.6 Å². The fourth-order valence-electron chi connectivity index (χ4n) is 0.591. The van der Waals surface area contributed by atoms with Crippen molar-refractivity contribution in [1.82, 2.24) is 0 Å². The first-order chi connectivity index (χ1) is 5.46. The van der Waals surface area contributed by atoms with Crippen molar-refractivity contribution in [3.05, 3.63) is 23.3 Å². The van der Waals surface area contributed by atoms with Crippen LogP contribution in [0.2, 0.25) is 0 Å². The number of hydrogen-bond acceptors (Lipinski definition) is 2. The maximum absolute atomic E-state index is 12.5. The van der Waals surface area contributed by atoms with E-state index in [2.05, 4.69) is 25.3 Å². The van der Waals surface area contributed by atoms with Crippen LogP contribution >= 0.6 is 0 Å². The van der Waals surface area contributed by atoms with E-state index in [0.717, 1.165) is 0 Å². The molecule has 1 rings (SSSR count). The minimum absolute atomic E-state index is 0.804. The van der Waals surface area contributed by atoms with Crippen molar-refractivity contribution in [2.45, 2.75) is 9.79 Å². The highest BCUT2D eigenvalue weighted by Crippen LogP contribution is 2.23. The summed E-state index contributed by atoms with van der Waals surface area (Å²) >= 11 is 8.41. The van der Waals surface area contributed by atoms with Gasteiger partial charge >= 0.3 is 0 Å². The molecule has 0 nitrogen and oxygen atoms in total. The third-order valence-corrected chi connectivity index (χ3v) is 2.08. The molecule has 1 aromatic carbocycles. The van der Waals surface area contributed by atoms with E-state index < -0.39 is 33.1 Å². The van der Waals surface area contributed by atoms with Gasteiger partial charge in [0.05, 0.1) is 0 Å². The Morgan fingerprint density at radius 1 is 0.583 bits per heavy atom. The minimum atomic E-state index is -1.92. The molecule has 0 aliphatic rings. The zero-order valence-corrected chi connectivity index (χ0v) is 6.96. The molecule has 0 N–H and O–H groups in total. The van der Waals surface area contributed by atoms with E-state index in [-0.39, 0.29) is 0 Å². The summed E-state index contributed by atoms with van der Waals surface area (Å²) in [6, 6.07) is 0. The van der Waals surface area contributed by atoms with Crippen LogP contribution in [0.5, 0.6) is 0 Å². The Hall–Kier alpha value is -0.620. The maximum Gasteiger partial charge on any atom is 0.195 e. The fraction of sp³-hybridized carbons (Fsp3) is 0. The monoisotopic (exact) mass is 212 g/mol. The molecule has 0 aliphatic heterocycles. The Morgan fingerprint density at radius 3 is 1.08 bits per heavy atom. The highest BCUT2D eigenvalue weighted by Gasteiger charge is 2.14. The number of benzene rings is 1. The molecule has 0 saturated heterocycles. The molecule has 0 aromatic heterocycles. The molecule has 0 atom stereocenters. The Morgan fingerprint density at radius 2 is 0.833 bits per heavy atom. The number of hydrogen-bond donors (Lipinski definition) is 0. The van der Waals surface area contributed by atoms with E-state index in [1.54, 1.807) is 0 Å². The molecular weight excluding hydrogens is 212 g/mol. The van der Waals surface area contributed by atoms with Gasteiger partial charge < -0.3 is 25.3 Å². The van der Waals surface area contributed by atoms with E-state index >= 15 is 0 Å². The molecule has 0 unspecified atom stereocenters. The van der Waals surface area contributed by atoms with Crippen LogP contribution in [0.1, 0.15) is 0 Å². The lowest BCUT2D eigenvalue weighted by Crippen LogP contribution is -2.01. The number of halogens is 4. The lowest BCUT2D eigenvalue weighted by Gasteiger charge is -2.21. The van der Waals surface area contributed by atoms with E-state index in [1.807, 2.05) is 0 Å². The first-order valence-electron chi connectivity index (χ1n) is 2.66. The van der Waals surface area contributed by atoms with Crippen molar-refractivity contribution in [1.29, 1.82) is 0 Å². The van der Waals surface area contributed by atoms with E-state index in [1.165, 1.54) is 0 Å². The summed E-state index contributed by atoms with van der Waals surface area (Å²) < 4.78 is 49.6. The molecule has 0 spiro atoms. The average molecular weight is 212 g/mol. The minimum Gasteiger partial charge on any atom is -0.778 e. The predicted molar refractivity (Wildman–Crippen MR) is 37.5 cm³/mol. The summed E-state index contributed by atoms with van der Waals surface area (Å²) in [7, 11) is 0. The summed E-state index contributed by atoms with van der Waals surface area (Å²) in [6.07, 6.45) is 0. The van der Waals surface area contributed by atoms with Crippen molar-refractivity contribution in [3.8, 4) is 0 Å². The highest BCUT2D eigenvalue weighted by atomic mass is 32.1. The van der Waals surface area contributed by atoms with Crippen LogP contribution in [0, 0.1) is 23.3 Å². The molecule has 0 amide bonds. The zero-order valence-electron chi connectivity index (χ0n) is 5.33. The van der Waals surface area contributed by atoms with Crippen molar-refractivity contribution in [2.75, 3.05) is 0 Å². The van der Waals surface area contributed by atoms with E-state index in [4.69, 9.17) is 0 Å². The second-order valence-corrected chi connectivity index (χ2v) is 2.73. The molecule has 0 aliphatic carbocycles. The first kappa shape index (κ1) is 9.47. The Bertz CT molecular complexity index is 232. The molecule has 0 saturated carbocycles.